The molecule has 4 aliphatic rings. The molecule has 0 amide bonds. The van der Waals surface area contributed by atoms with Crippen molar-refractivity contribution in [1.29, 1.82) is 0 Å². The van der Waals surface area contributed by atoms with Crippen molar-refractivity contribution in [2.45, 2.75) is 45.7 Å². The molecule has 1 aliphatic heterocycles. The lowest BCUT2D eigenvalue weighted by molar-refractivity contribution is -0.150. The van der Waals surface area contributed by atoms with E-state index in [2.05, 4.69) is 13.8 Å². The highest BCUT2D eigenvalue weighted by molar-refractivity contribution is 6.43. The van der Waals surface area contributed by atoms with Crippen LogP contribution in [-0.2, 0) is 9.31 Å². The predicted molar refractivity (Wildman–Crippen MR) is 51.4 cm³/mol. The SMILES string of the molecule is CB1O[C@H]2[C@H]3CC(C[C@H]2O1)C3(C)C. The minimum atomic E-state index is 0.0325. The van der Waals surface area contributed by atoms with Crippen molar-refractivity contribution in [2.24, 2.45) is 17.3 Å². The fourth-order valence-electron chi connectivity index (χ4n) is 3.50. The van der Waals surface area contributed by atoms with Gasteiger partial charge in [-0.3, -0.25) is 0 Å². The second-order valence-corrected chi connectivity index (χ2v) is 5.44. The molecule has 4 atom stereocenters. The Balaban J connectivity index is 1.85. The van der Waals surface area contributed by atoms with E-state index in [4.69, 9.17) is 9.31 Å². The standard InChI is InChI=1S/C10H17BO2/c1-10(2)6-4-7(10)9-8(5-6)12-11(3)13-9/h6-9H,4-5H2,1-3H3/t6?,7-,8-,9+/m1/s1. The van der Waals surface area contributed by atoms with E-state index >= 15 is 0 Å². The Labute approximate surface area is 80.1 Å². The van der Waals surface area contributed by atoms with Crippen LogP contribution in [0.4, 0.5) is 0 Å². The number of rotatable bonds is 0. The molecule has 0 aromatic heterocycles. The summed E-state index contributed by atoms with van der Waals surface area (Å²) >= 11 is 0. The molecule has 0 aromatic carbocycles. The smallest absolute Gasteiger partial charge is 0.406 e. The number of hydrogen-bond acceptors (Lipinski definition) is 2. The highest BCUT2D eigenvalue weighted by atomic mass is 16.7. The molecular formula is C10H17BO2. The molecule has 0 aromatic rings. The van der Waals surface area contributed by atoms with Crippen molar-refractivity contribution in [3.8, 4) is 0 Å². The summed E-state index contributed by atoms with van der Waals surface area (Å²) in [4.78, 5) is 0. The van der Waals surface area contributed by atoms with E-state index in [1.54, 1.807) is 0 Å². The maximum atomic E-state index is 5.83. The Bertz CT molecular complexity index is 241. The summed E-state index contributed by atoms with van der Waals surface area (Å²) in [6.45, 7) is 6.78. The van der Waals surface area contributed by atoms with Gasteiger partial charge in [-0.15, -0.1) is 0 Å². The second kappa shape index (κ2) is 2.32. The van der Waals surface area contributed by atoms with Gasteiger partial charge in [0, 0.05) is 0 Å². The summed E-state index contributed by atoms with van der Waals surface area (Å²) in [5, 5.41) is 0. The van der Waals surface area contributed by atoms with E-state index in [0.29, 0.717) is 17.6 Å². The molecule has 3 heteroatoms. The van der Waals surface area contributed by atoms with Crippen LogP contribution in [0, 0.1) is 17.3 Å². The van der Waals surface area contributed by atoms with Gasteiger partial charge in [0.25, 0.3) is 0 Å². The molecule has 2 nitrogen and oxygen atoms in total. The second-order valence-electron chi connectivity index (χ2n) is 5.44. The first kappa shape index (κ1) is 8.31. The molecule has 1 saturated heterocycles. The monoisotopic (exact) mass is 180 g/mol. The van der Waals surface area contributed by atoms with Crippen LogP contribution in [0.2, 0.25) is 6.82 Å². The molecule has 3 aliphatic carbocycles. The Kier molecular flexibility index (Phi) is 1.48. The van der Waals surface area contributed by atoms with Crippen LogP contribution in [0.5, 0.6) is 0 Å². The Morgan fingerprint density at radius 2 is 2.00 bits per heavy atom. The number of hydrogen-bond donors (Lipinski definition) is 0. The van der Waals surface area contributed by atoms with Crippen molar-refractivity contribution >= 4 is 7.12 Å². The minimum absolute atomic E-state index is 0.0325. The molecule has 72 valence electrons. The lowest BCUT2D eigenvalue weighted by atomic mass is 9.47. The van der Waals surface area contributed by atoms with Gasteiger partial charge in [-0.2, -0.15) is 0 Å². The third-order valence-corrected chi connectivity index (χ3v) is 4.54. The molecule has 0 radical (unpaired) electrons. The van der Waals surface area contributed by atoms with Crippen molar-refractivity contribution in [3.63, 3.8) is 0 Å². The fraction of sp³-hybridized carbons (Fsp3) is 1.00. The molecular weight excluding hydrogens is 163 g/mol. The lowest BCUT2D eigenvalue weighted by Gasteiger charge is -2.60. The normalized spacial score (nSPS) is 51.5. The van der Waals surface area contributed by atoms with Gasteiger partial charge in [-0.25, -0.2) is 0 Å². The van der Waals surface area contributed by atoms with E-state index in [9.17, 15) is 0 Å². The molecule has 0 N–H and O–H groups in total. The quantitative estimate of drug-likeness (QED) is 0.530. The summed E-state index contributed by atoms with van der Waals surface area (Å²) in [5.74, 6) is 1.63. The third-order valence-electron chi connectivity index (χ3n) is 4.54. The van der Waals surface area contributed by atoms with Gasteiger partial charge in [-0.1, -0.05) is 13.8 Å². The van der Waals surface area contributed by atoms with Crippen LogP contribution in [-0.4, -0.2) is 19.3 Å². The summed E-state index contributed by atoms with van der Waals surface area (Å²) in [7, 11) is 0.0325. The average Bonchev–Trinajstić information content (AvgIpc) is 2.42. The van der Waals surface area contributed by atoms with E-state index < -0.39 is 0 Å². The topological polar surface area (TPSA) is 18.5 Å². The minimum Gasteiger partial charge on any atom is -0.406 e. The van der Waals surface area contributed by atoms with Crippen molar-refractivity contribution < 1.29 is 9.31 Å². The van der Waals surface area contributed by atoms with Crippen LogP contribution in [0.25, 0.3) is 0 Å². The van der Waals surface area contributed by atoms with Gasteiger partial charge < -0.3 is 9.31 Å². The van der Waals surface area contributed by atoms with Crippen LogP contribution in [0.1, 0.15) is 26.7 Å². The van der Waals surface area contributed by atoms with Crippen LogP contribution < -0.4 is 0 Å². The highest BCUT2D eigenvalue weighted by Gasteiger charge is 2.61. The van der Waals surface area contributed by atoms with E-state index in [1.807, 2.05) is 6.82 Å². The summed E-state index contributed by atoms with van der Waals surface area (Å²) in [6, 6.07) is 0. The molecule has 1 heterocycles. The van der Waals surface area contributed by atoms with Gasteiger partial charge in [0.15, 0.2) is 0 Å². The third kappa shape index (κ3) is 0.923. The fourth-order valence-corrected chi connectivity index (χ4v) is 3.50. The Morgan fingerprint density at radius 3 is 2.69 bits per heavy atom. The molecule has 2 bridgehead atoms. The van der Waals surface area contributed by atoms with Crippen molar-refractivity contribution in [1.82, 2.24) is 0 Å². The van der Waals surface area contributed by atoms with Gasteiger partial charge in [0.05, 0.1) is 12.2 Å². The van der Waals surface area contributed by atoms with Crippen molar-refractivity contribution in [2.75, 3.05) is 0 Å². The molecule has 4 rings (SSSR count). The van der Waals surface area contributed by atoms with Gasteiger partial charge in [0.2, 0.25) is 0 Å². The lowest BCUT2D eigenvalue weighted by Crippen LogP contribution is -2.59. The first-order valence-corrected chi connectivity index (χ1v) is 5.40. The zero-order valence-electron chi connectivity index (χ0n) is 8.62. The summed E-state index contributed by atoms with van der Waals surface area (Å²) < 4.78 is 11.6. The van der Waals surface area contributed by atoms with Crippen LogP contribution >= 0.6 is 0 Å². The molecule has 4 fully saturated rings. The Hall–Kier alpha value is -0.0151. The Morgan fingerprint density at radius 1 is 1.23 bits per heavy atom. The first-order valence-electron chi connectivity index (χ1n) is 5.40. The zero-order valence-corrected chi connectivity index (χ0v) is 8.62. The predicted octanol–water partition coefficient (Wildman–Crippen LogP) is 1.95. The molecule has 1 unspecified atom stereocenters. The van der Waals surface area contributed by atoms with Gasteiger partial charge in [-0.05, 0) is 36.9 Å². The first-order chi connectivity index (χ1) is 6.09. The van der Waals surface area contributed by atoms with E-state index in [0.717, 1.165) is 11.8 Å². The van der Waals surface area contributed by atoms with Crippen LogP contribution in [0.3, 0.4) is 0 Å². The summed E-state index contributed by atoms with van der Waals surface area (Å²) in [5.41, 5.74) is 0.509. The van der Waals surface area contributed by atoms with Gasteiger partial charge >= 0.3 is 7.12 Å². The van der Waals surface area contributed by atoms with E-state index in [-0.39, 0.29) is 7.12 Å². The van der Waals surface area contributed by atoms with Gasteiger partial charge in [0.1, 0.15) is 0 Å². The maximum Gasteiger partial charge on any atom is 0.454 e. The van der Waals surface area contributed by atoms with Crippen molar-refractivity contribution in [3.05, 3.63) is 0 Å². The molecule has 13 heavy (non-hydrogen) atoms. The summed E-state index contributed by atoms with van der Waals surface area (Å²) in [6.07, 6.45) is 3.39. The largest absolute Gasteiger partial charge is 0.454 e. The van der Waals surface area contributed by atoms with Crippen LogP contribution in [0.15, 0.2) is 0 Å². The molecule has 3 saturated carbocycles. The van der Waals surface area contributed by atoms with E-state index in [1.165, 1.54) is 12.8 Å². The average molecular weight is 180 g/mol. The molecule has 0 spiro atoms. The highest BCUT2D eigenvalue weighted by Crippen LogP contribution is 2.61. The zero-order chi connectivity index (χ0) is 9.22. The maximum absolute atomic E-state index is 5.83.